The summed E-state index contributed by atoms with van der Waals surface area (Å²) in [5.74, 6) is 1.80. The Kier molecular flexibility index (Phi) is 3.64. The van der Waals surface area contributed by atoms with Crippen LogP contribution in [0.25, 0.3) is 0 Å². The fourth-order valence-corrected chi connectivity index (χ4v) is 2.53. The van der Waals surface area contributed by atoms with E-state index >= 15 is 0 Å². The van der Waals surface area contributed by atoms with E-state index in [1.807, 2.05) is 6.92 Å². The van der Waals surface area contributed by atoms with Gasteiger partial charge in [0.05, 0.1) is 11.9 Å². The van der Waals surface area contributed by atoms with Crippen LogP contribution in [0.5, 0.6) is 0 Å². The Morgan fingerprint density at radius 3 is 2.95 bits per heavy atom. The molecule has 0 aromatic carbocycles. The molecule has 1 amide bonds. The summed E-state index contributed by atoms with van der Waals surface area (Å²) in [4.78, 5) is 20.4. The van der Waals surface area contributed by atoms with Crippen LogP contribution in [0.1, 0.15) is 41.2 Å². The molecule has 2 aromatic rings. The quantitative estimate of drug-likeness (QED) is 0.897. The van der Waals surface area contributed by atoms with Crippen molar-refractivity contribution in [2.24, 2.45) is 0 Å². The molecule has 1 aliphatic heterocycles. The summed E-state index contributed by atoms with van der Waals surface area (Å²) in [6, 6.07) is 0.0782. The van der Waals surface area contributed by atoms with Gasteiger partial charge in [-0.25, -0.2) is 4.98 Å². The lowest BCUT2D eigenvalue weighted by molar-refractivity contribution is 0.0921. The molecule has 1 N–H and O–H groups in total. The van der Waals surface area contributed by atoms with E-state index in [0.717, 1.165) is 43.1 Å². The first-order chi connectivity index (χ1) is 10.2. The summed E-state index contributed by atoms with van der Waals surface area (Å²) in [5.41, 5.74) is 1.15. The maximum absolute atomic E-state index is 12.2. The van der Waals surface area contributed by atoms with Gasteiger partial charge in [0.2, 0.25) is 0 Å². The van der Waals surface area contributed by atoms with E-state index in [9.17, 15) is 4.79 Å². The van der Waals surface area contributed by atoms with Crippen LogP contribution in [0.4, 0.5) is 0 Å². The summed E-state index contributed by atoms with van der Waals surface area (Å²) in [6.45, 7) is 4.62. The summed E-state index contributed by atoms with van der Waals surface area (Å²) >= 11 is 0. The van der Waals surface area contributed by atoms with Crippen molar-refractivity contribution in [2.75, 3.05) is 0 Å². The third kappa shape index (κ3) is 2.76. The van der Waals surface area contributed by atoms with Crippen molar-refractivity contribution in [3.8, 4) is 0 Å². The fourth-order valence-electron chi connectivity index (χ4n) is 2.53. The van der Waals surface area contributed by atoms with E-state index in [2.05, 4.69) is 37.0 Å². The number of aryl methyl sites for hydroxylation is 3. The second-order valence-electron chi connectivity index (χ2n) is 5.25. The third-order valence-electron chi connectivity index (χ3n) is 3.69. The molecule has 0 fully saturated rings. The standard InChI is InChI=1S/C14H18N6O/c1-3-12-18-19-13-5-4-10(8-20(12)13)17-14(21)11-7-15-9(2)6-16-11/h6-7,10H,3-5,8H2,1-2H3,(H,17,21)/t10-/m0/s1. The van der Waals surface area contributed by atoms with Crippen molar-refractivity contribution in [1.82, 2.24) is 30.0 Å². The number of carbonyl (C=O) groups is 1. The van der Waals surface area contributed by atoms with Crippen LogP contribution in [-0.2, 0) is 19.4 Å². The smallest absolute Gasteiger partial charge is 0.271 e. The highest BCUT2D eigenvalue weighted by molar-refractivity contribution is 5.92. The number of nitrogens with zero attached hydrogens (tertiary/aromatic N) is 5. The highest BCUT2D eigenvalue weighted by Crippen LogP contribution is 2.15. The molecule has 0 saturated heterocycles. The van der Waals surface area contributed by atoms with Gasteiger partial charge in [0.25, 0.3) is 5.91 Å². The zero-order valence-electron chi connectivity index (χ0n) is 12.2. The minimum absolute atomic E-state index is 0.0782. The molecule has 1 atom stereocenters. The van der Waals surface area contributed by atoms with Gasteiger partial charge in [0.15, 0.2) is 0 Å². The minimum Gasteiger partial charge on any atom is -0.346 e. The van der Waals surface area contributed by atoms with E-state index in [4.69, 9.17) is 0 Å². The lowest BCUT2D eigenvalue weighted by Crippen LogP contribution is -2.41. The largest absolute Gasteiger partial charge is 0.346 e. The molecular weight excluding hydrogens is 268 g/mol. The first-order valence-corrected chi connectivity index (χ1v) is 7.18. The van der Waals surface area contributed by atoms with Crippen molar-refractivity contribution >= 4 is 5.91 Å². The van der Waals surface area contributed by atoms with Crippen LogP contribution in [-0.4, -0.2) is 36.7 Å². The van der Waals surface area contributed by atoms with Crippen molar-refractivity contribution in [3.05, 3.63) is 35.4 Å². The van der Waals surface area contributed by atoms with Crippen molar-refractivity contribution in [3.63, 3.8) is 0 Å². The maximum atomic E-state index is 12.2. The fraction of sp³-hybridized carbons (Fsp3) is 0.500. The summed E-state index contributed by atoms with van der Waals surface area (Å²) < 4.78 is 2.11. The zero-order valence-corrected chi connectivity index (χ0v) is 12.2. The summed E-state index contributed by atoms with van der Waals surface area (Å²) in [7, 11) is 0. The SMILES string of the molecule is CCc1nnc2n1C[C@@H](NC(=O)c1cnc(C)cn1)CC2. The van der Waals surface area contributed by atoms with Crippen molar-refractivity contribution in [2.45, 2.75) is 45.7 Å². The highest BCUT2D eigenvalue weighted by Gasteiger charge is 2.24. The number of fused-ring (bicyclic) bond motifs is 1. The van der Waals surface area contributed by atoms with E-state index in [0.29, 0.717) is 5.69 Å². The normalized spacial score (nSPS) is 17.3. The van der Waals surface area contributed by atoms with Gasteiger partial charge in [-0.05, 0) is 13.3 Å². The number of hydrogen-bond donors (Lipinski definition) is 1. The van der Waals surface area contributed by atoms with Gasteiger partial charge < -0.3 is 9.88 Å². The number of amides is 1. The Morgan fingerprint density at radius 2 is 2.24 bits per heavy atom. The Morgan fingerprint density at radius 1 is 1.38 bits per heavy atom. The number of hydrogen-bond acceptors (Lipinski definition) is 5. The molecule has 0 unspecified atom stereocenters. The molecule has 21 heavy (non-hydrogen) atoms. The first-order valence-electron chi connectivity index (χ1n) is 7.18. The van der Waals surface area contributed by atoms with Crippen LogP contribution >= 0.6 is 0 Å². The van der Waals surface area contributed by atoms with Crippen LogP contribution in [0.2, 0.25) is 0 Å². The third-order valence-corrected chi connectivity index (χ3v) is 3.69. The second-order valence-corrected chi connectivity index (χ2v) is 5.25. The van der Waals surface area contributed by atoms with E-state index in [1.165, 1.54) is 6.20 Å². The summed E-state index contributed by atoms with van der Waals surface area (Å²) in [6.07, 6.45) is 5.65. The predicted octanol–water partition coefficient (Wildman–Crippen LogP) is 0.684. The molecule has 0 bridgehead atoms. The average Bonchev–Trinajstić information content (AvgIpc) is 2.90. The van der Waals surface area contributed by atoms with Crippen LogP contribution < -0.4 is 5.32 Å². The molecule has 3 heterocycles. The molecule has 2 aromatic heterocycles. The Balaban J connectivity index is 1.69. The minimum atomic E-state index is -0.179. The zero-order chi connectivity index (χ0) is 14.8. The van der Waals surface area contributed by atoms with Gasteiger partial charge in [-0.2, -0.15) is 0 Å². The van der Waals surface area contributed by atoms with E-state index < -0.39 is 0 Å². The van der Waals surface area contributed by atoms with Crippen LogP contribution in [0, 0.1) is 6.92 Å². The Bertz CT molecular complexity index is 634. The molecule has 0 radical (unpaired) electrons. The topological polar surface area (TPSA) is 85.6 Å². The molecule has 3 rings (SSSR count). The number of aromatic nitrogens is 5. The molecular formula is C14H18N6O. The average molecular weight is 286 g/mol. The molecule has 110 valence electrons. The Labute approximate surface area is 122 Å². The van der Waals surface area contributed by atoms with Crippen molar-refractivity contribution in [1.29, 1.82) is 0 Å². The number of nitrogens with one attached hydrogen (secondary N) is 1. The van der Waals surface area contributed by atoms with Crippen LogP contribution in [0.3, 0.4) is 0 Å². The van der Waals surface area contributed by atoms with E-state index in [-0.39, 0.29) is 11.9 Å². The van der Waals surface area contributed by atoms with Gasteiger partial charge in [-0.1, -0.05) is 6.92 Å². The lowest BCUT2D eigenvalue weighted by Gasteiger charge is -2.25. The monoisotopic (exact) mass is 286 g/mol. The molecule has 7 heteroatoms. The van der Waals surface area contributed by atoms with Gasteiger partial charge in [-0.3, -0.25) is 9.78 Å². The molecule has 0 aliphatic carbocycles. The maximum Gasteiger partial charge on any atom is 0.271 e. The molecule has 0 spiro atoms. The lowest BCUT2D eigenvalue weighted by atomic mass is 10.1. The number of rotatable bonds is 3. The molecule has 0 saturated carbocycles. The second kappa shape index (κ2) is 5.59. The van der Waals surface area contributed by atoms with E-state index in [1.54, 1.807) is 6.20 Å². The molecule has 7 nitrogen and oxygen atoms in total. The Hall–Kier alpha value is -2.31. The predicted molar refractivity (Wildman–Crippen MR) is 75.7 cm³/mol. The van der Waals surface area contributed by atoms with Crippen LogP contribution in [0.15, 0.2) is 12.4 Å². The van der Waals surface area contributed by atoms with Crippen molar-refractivity contribution < 1.29 is 4.79 Å². The van der Waals surface area contributed by atoms with Gasteiger partial charge >= 0.3 is 0 Å². The molecule has 1 aliphatic rings. The number of carbonyl (C=O) groups excluding carboxylic acids is 1. The highest BCUT2D eigenvalue weighted by atomic mass is 16.1. The van der Waals surface area contributed by atoms with Gasteiger partial charge in [0, 0.05) is 31.6 Å². The van der Waals surface area contributed by atoms with Gasteiger partial charge in [-0.15, -0.1) is 10.2 Å². The van der Waals surface area contributed by atoms with Gasteiger partial charge in [0.1, 0.15) is 17.3 Å². The summed E-state index contributed by atoms with van der Waals surface area (Å²) in [5, 5.41) is 11.4. The first kappa shape index (κ1) is 13.7.